The summed E-state index contributed by atoms with van der Waals surface area (Å²) in [6.07, 6.45) is 0. The summed E-state index contributed by atoms with van der Waals surface area (Å²) in [4.78, 5) is 16.3. The van der Waals surface area contributed by atoms with Crippen LogP contribution >= 0.6 is 11.6 Å². The van der Waals surface area contributed by atoms with E-state index in [-0.39, 0.29) is 29.7 Å². The molecule has 1 amide bonds. The van der Waals surface area contributed by atoms with E-state index in [1.54, 1.807) is 12.1 Å². The number of hydrogen-bond donors (Lipinski definition) is 2. The lowest BCUT2D eigenvalue weighted by atomic mass is 10.2. The van der Waals surface area contributed by atoms with Gasteiger partial charge in [-0.25, -0.2) is 8.42 Å². The second-order valence-electron chi connectivity index (χ2n) is 6.52. The number of para-hydroxylation sites is 2. The standard InChI is InChI=1S/C16H22ClN3O4S/c17-12-10-25(23,24)11-13(12)18-16(22)9-19-5-7-20(8-6-19)14-3-1-2-4-15(14)21/h1-4,12-13,21H,5-11H2,(H,18,22)/t12-,13-/m1/s1. The van der Waals surface area contributed by atoms with Gasteiger partial charge < -0.3 is 15.3 Å². The molecule has 2 N–H and O–H groups in total. The number of halogens is 1. The number of phenolic OH excluding ortho intramolecular Hbond substituents is 1. The van der Waals surface area contributed by atoms with Gasteiger partial charge >= 0.3 is 0 Å². The molecule has 2 heterocycles. The monoisotopic (exact) mass is 387 g/mol. The first-order chi connectivity index (χ1) is 11.8. The minimum Gasteiger partial charge on any atom is -0.506 e. The Morgan fingerprint density at radius 1 is 1.20 bits per heavy atom. The SMILES string of the molecule is O=C(CN1CCN(c2ccccc2O)CC1)N[C@@H]1CS(=O)(=O)C[C@H]1Cl. The number of carbonyl (C=O) groups is 1. The predicted octanol–water partition coefficient (Wildman–Crippen LogP) is 0.0348. The number of hydrogen-bond acceptors (Lipinski definition) is 6. The van der Waals surface area contributed by atoms with Gasteiger partial charge in [0.15, 0.2) is 9.84 Å². The highest BCUT2D eigenvalue weighted by Crippen LogP contribution is 2.27. The molecule has 0 aliphatic carbocycles. The highest BCUT2D eigenvalue weighted by molar-refractivity contribution is 7.91. The van der Waals surface area contributed by atoms with Crippen molar-refractivity contribution in [2.24, 2.45) is 0 Å². The molecule has 2 fully saturated rings. The van der Waals surface area contributed by atoms with Crippen molar-refractivity contribution in [1.82, 2.24) is 10.2 Å². The number of anilines is 1. The molecule has 0 aromatic heterocycles. The number of carbonyl (C=O) groups excluding carboxylic acids is 1. The van der Waals surface area contributed by atoms with Gasteiger partial charge in [0.05, 0.1) is 35.2 Å². The summed E-state index contributed by atoms with van der Waals surface area (Å²) < 4.78 is 23.1. The molecular formula is C16H22ClN3O4S. The number of nitrogens with zero attached hydrogens (tertiary/aromatic N) is 2. The van der Waals surface area contributed by atoms with Crippen LogP contribution in [-0.4, -0.2) is 80.0 Å². The van der Waals surface area contributed by atoms with Crippen molar-refractivity contribution in [3.05, 3.63) is 24.3 Å². The van der Waals surface area contributed by atoms with Crippen LogP contribution in [0.2, 0.25) is 0 Å². The minimum atomic E-state index is -3.16. The lowest BCUT2D eigenvalue weighted by Gasteiger charge is -2.36. The molecule has 0 bridgehead atoms. The third-order valence-corrected chi connectivity index (χ3v) is 6.97. The van der Waals surface area contributed by atoms with E-state index in [0.717, 1.165) is 5.69 Å². The van der Waals surface area contributed by atoms with Crippen molar-refractivity contribution < 1.29 is 18.3 Å². The van der Waals surface area contributed by atoms with Crippen LogP contribution in [0.25, 0.3) is 0 Å². The third-order valence-electron chi connectivity index (χ3n) is 4.59. The third kappa shape index (κ3) is 4.56. The zero-order valence-corrected chi connectivity index (χ0v) is 15.3. The number of aromatic hydroxyl groups is 1. The summed E-state index contributed by atoms with van der Waals surface area (Å²) in [7, 11) is -3.16. The molecule has 138 valence electrons. The van der Waals surface area contributed by atoms with E-state index in [9.17, 15) is 18.3 Å². The van der Waals surface area contributed by atoms with E-state index in [1.807, 2.05) is 17.0 Å². The Balaban J connectivity index is 1.48. The van der Waals surface area contributed by atoms with Crippen molar-refractivity contribution in [2.75, 3.05) is 49.1 Å². The van der Waals surface area contributed by atoms with E-state index in [4.69, 9.17) is 11.6 Å². The number of rotatable bonds is 4. The molecule has 7 nitrogen and oxygen atoms in total. The van der Waals surface area contributed by atoms with Crippen LogP contribution in [0.15, 0.2) is 24.3 Å². The Morgan fingerprint density at radius 3 is 2.48 bits per heavy atom. The van der Waals surface area contributed by atoms with Crippen molar-refractivity contribution in [3.63, 3.8) is 0 Å². The summed E-state index contributed by atoms with van der Waals surface area (Å²) in [6, 6.07) is 6.69. The van der Waals surface area contributed by atoms with Gasteiger partial charge in [0.1, 0.15) is 5.75 Å². The van der Waals surface area contributed by atoms with Crippen LogP contribution in [-0.2, 0) is 14.6 Å². The Morgan fingerprint density at radius 2 is 1.88 bits per heavy atom. The van der Waals surface area contributed by atoms with Gasteiger partial charge in [-0.05, 0) is 12.1 Å². The molecular weight excluding hydrogens is 366 g/mol. The van der Waals surface area contributed by atoms with Gasteiger partial charge in [0.25, 0.3) is 0 Å². The fourth-order valence-corrected chi connectivity index (χ4v) is 5.82. The summed E-state index contributed by atoms with van der Waals surface area (Å²) in [5.41, 5.74) is 0.799. The molecule has 3 rings (SSSR count). The molecule has 0 radical (unpaired) electrons. The number of benzene rings is 1. The summed E-state index contributed by atoms with van der Waals surface area (Å²) in [6.45, 7) is 3.01. The maximum atomic E-state index is 12.2. The highest BCUT2D eigenvalue weighted by atomic mass is 35.5. The fourth-order valence-electron chi connectivity index (χ4n) is 3.27. The van der Waals surface area contributed by atoms with E-state index in [0.29, 0.717) is 26.2 Å². The van der Waals surface area contributed by atoms with Gasteiger partial charge in [-0.2, -0.15) is 0 Å². The second-order valence-corrected chi connectivity index (χ2v) is 9.23. The Bertz CT molecular complexity index is 735. The molecule has 2 aliphatic rings. The van der Waals surface area contributed by atoms with Gasteiger partial charge in [-0.3, -0.25) is 9.69 Å². The topological polar surface area (TPSA) is 89.9 Å². The van der Waals surface area contributed by atoms with Crippen LogP contribution in [0, 0.1) is 0 Å². The largest absolute Gasteiger partial charge is 0.506 e. The normalized spacial score (nSPS) is 26.5. The van der Waals surface area contributed by atoms with Crippen LogP contribution in [0.5, 0.6) is 5.75 Å². The van der Waals surface area contributed by atoms with Crippen LogP contribution in [0.4, 0.5) is 5.69 Å². The molecule has 0 saturated carbocycles. The van der Waals surface area contributed by atoms with Crippen molar-refractivity contribution in [3.8, 4) is 5.75 Å². The van der Waals surface area contributed by atoms with Gasteiger partial charge in [0, 0.05) is 26.2 Å². The first-order valence-electron chi connectivity index (χ1n) is 8.23. The molecule has 9 heteroatoms. The van der Waals surface area contributed by atoms with Crippen LogP contribution in [0.1, 0.15) is 0 Å². The molecule has 2 atom stereocenters. The number of phenols is 1. The zero-order chi connectivity index (χ0) is 18.0. The molecule has 1 aromatic carbocycles. The van der Waals surface area contributed by atoms with Crippen LogP contribution in [0.3, 0.4) is 0 Å². The molecule has 2 aliphatic heterocycles. The summed E-state index contributed by atoms with van der Waals surface area (Å²) in [5.74, 6) is -0.125. The molecule has 25 heavy (non-hydrogen) atoms. The average molecular weight is 388 g/mol. The van der Waals surface area contributed by atoms with E-state index in [2.05, 4.69) is 10.2 Å². The summed E-state index contributed by atoms with van der Waals surface area (Å²) in [5, 5.41) is 12.1. The fraction of sp³-hybridized carbons (Fsp3) is 0.562. The van der Waals surface area contributed by atoms with Crippen molar-refractivity contribution >= 4 is 33.0 Å². The lowest BCUT2D eigenvalue weighted by Crippen LogP contribution is -2.51. The average Bonchev–Trinajstić information content (AvgIpc) is 2.80. The van der Waals surface area contributed by atoms with Gasteiger partial charge in [-0.1, -0.05) is 12.1 Å². The molecule has 0 spiro atoms. The number of sulfone groups is 1. The minimum absolute atomic E-state index is 0.0846. The Kier molecular flexibility index (Phi) is 5.41. The number of piperazine rings is 1. The lowest BCUT2D eigenvalue weighted by molar-refractivity contribution is -0.122. The molecule has 2 saturated heterocycles. The predicted molar refractivity (Wildman–Crippen MR) is 97.0 cm³/mol. The quantitative estimate of drug-likeness (QED) is 0.709. The first-order valence-corrected chi connectivity index (χ1v) is 10.5. The Labute approximate surface area is 152 Å². The smallest absolute Gasteiger partial charge is 0.234 e. The Hall–Kier alpha value is -1.51. The van der Waals surface area contributed by atoms with Crippen molar-refractivity contribution in [1.29, 1.82) is 0 Å². The van der Waals surface area contributed by atoms with E-state index >= 15 is 0 Å². The first kappa shape index (κ1) is 18.3. The van der Waals surface area contributed by atoms with E-state index < -0.39 is 21.3 Å². The van der Waals surface area contributed by atoms with Gasteiger partial charge in [0.2, 0.25) is 5.91 Å². The van der Waals surface area contributed by atoms with Crippen molar-refractivity contribution in [2.45, 2.75) is 11.4 Å². The summed E-state index contributed by atoms with van der Waals surface area (Å²) >= 11 is 6.01. The molecule has 1 aromatic rings. The highest BCUT2D eigenvalue weighted by Gasteiger charge is 2.37. The van der Waals surface area contributed by atoms with Gasteiger partial charge in [-0.15, -0.1) is 11.6 Å². The number of nitrogens with one attached hydrogen (secondary N) is 1. The van der Waals surface area contributed by atoms with E-state index in [1.165, 1.54) is 0 Å². The zero-order valence-electron chi connectivity index (χ0n) is 13.8. The molecule has 0 unspecified atom stereocenters. The van der Waals surface area contributed by atoms with Crippen LogP contribution < -0.4 is 10.2 Å². The maximum Gasteiger partial charge on any atom is 0.234 e. The number of alkyl halides is 1. The second kappa shape index (κ2) is 7.39. The number of amides is 1. The maximum absolute atomic E-state index is 12.2.